The average Bonchev–Trinajstić information content (AvgIpc) is 3.29. The Labute approximate surface area is 169 Å². The molecule has 136 valence electrons. The molecule has 0 aliphatic carbocycles. The van der Waals surface area contributed by atoms with E-state index in [-0.39, 0.29) is 12.5 Å². The lowest BCUT2D eigenvalue weighted by Gasteiger charge is -2.10. The van der Waals surface area contributed by atoms with Crippen LogP contribution in [0.4, 0.5) is 0 Å². The first-order valence-corrected chi connectivity index (χ1v) is 9.86. The van der Waals surface area contributed by atoms with Crippen molar-refractivity contribution >= 4 is 51.5 Å². The molecular weight excluding hydrogens is 403 g/mol. The van der Waals surface area contributed by atoms with Crippen molar-refractivity contribution in [2.45, 2.75) is 13.1 Å². The molecule has 0 spiro atoms. The highest BCUT2D eigenvalue weighted by atomic mass is 35.5. The first kappa shape index (κ1) is 18.0. The molecule has 0 saturated heterocycles. The number of fused-ring (bicyclic) bond motifs is 1. The minimum absolute atomic E-state index is 0.137. The number of carbonyl (C=O) groups excluding carboxylic acids is 1. The summed E-state index contributed by atoms with van der Waals surface area (Å²) in [7, 11) is 0. The van der Waals surface area contributed by atoms with Gasteiger partial charge in [0, 0.05) is 22.0 Å². The maximum Gasteiger partial charge on any atom is 0.240 e. The predicted molar refractivity (Wildman–Crippen MR) is 109 cm³/mol. The monoisotopic (exact) mass is 416 g/mol. The van der Waals surface area contributed by atoms with Crippen LogP contribution in [0.2, 0.25) is 10.0 Å². The molecule has 2 aromatic heterocycles. The van der Waals surface area contributed by atoms with E-state index in [1.165, 1.54) is 11.3 Å². The number of benzene rings is 2. The van der Waals surface area contributed by atoms with Crippen LogP contribution in [0.3, 0.4) is 0 Å². The van der Waals surface area contributed by atoms with E-state index in [0.29, 0.717) is 22.4 Å². The lowest BCUT2D eigenvalue weighted by molar-refractivity contribution is -0.121. The molecule has 4 aromatic rings. The number of imidazole rings is 1. The summed E-state index contributed by atoms with van der Waals surface area (Å²) in [6, 6.07) is 12.9. The van der Waals surface area contributed by atoms with E-state index in [4.69, 9.17) is 23.2 Å². The Morgan fingerprint density at radius 3 is 2.81 bits per heavy atom. The summed E-state index contributed by atoms with van der Waals surface area (Å²) >= 11 is 13.6. The number of aromatic nitrogens is 3. The Kier molecular flexibility index (Phi) is 5.11. The molecule has 0 radical (unpaired) electrons. The van der Waals surface area contributed by atoms with Gasteiger partial charge >= 0.3 is 0 Å². The van der Waals surface area contributed by atoms with E-state index in [2.05, 4.69) is 15.3 Å². The van der Waals surface area contributed by atoms with Gasteiger partial charge in [-0.05, 0) is 29.8 Å². The van der Waals surface area contributed by atoms with Gasteiger partial charge in [0.1, 0.15) is 12.2 Å². The molecule has 8 heteroatoms. The molecule has 1 N–H and O–H groups in total. The highest BCUT2D eigenvalue weighted by Crippen LogP contribution is 2.25. The van der Waals surface area contributed by atoms with Crippen molar-refractivity contribution in [2.24, 2.45) is 0 Å². The zero-order chi connectivity index (χ0) is 18.8. The zero-order valence-corrected chi connectivity index (χ0v) is 16.4. The Hall–Kier alpha value is -2.41. The summed E-state index contributed by atoms with van der Waals surface area (Å²) in [5, 5.41) is 5.91. The van der Waals surface area contributed by atoms with Gasteiger partial charge in [-0.3, -0.25) is 4.79 Å². The average molecular weight is 417 g/mol. The van der Waals surface area contributed by atoms with Crippen molar-refractivity contribution in [3.8, 4) is 11.5 Å². The molecule has 27 heavy (non-hydrogen) atoms. The first-order chi connectivity index (χ1) is 13.1. The second-order valence-electron chi connectivity index (χ2n) is 5.90. The fourth-order valence-corrected chi connectivity index (χ4v) is 3.82. The van der Waals surface area contributed by atoms with Gasteiger partial charge in [-0.15, -0.1) is 11.3 Å². The van der Waals surface area contributed by atoms with E-state index < -0.39 is 0 Å². The highest BCUT2D eigenvalue weighted by Gasteiger charge is 2.16. The fourth-order valence-electron chi connectivity index (χ4n) is 2.81. The van der Waals surface area contributed by atoms with Crippen molar-refractivity contribution in [3.05, 3.63) is 69.0 Å². The van der Waals surface area contributed by atoms with Gasteiger partial charge in [0.05, 0.1) is 16.5 Å². The number of hydrogen-bond donors (Lipinski definition) is 1. The Morgan fingerprint density at radius 1 is 1.19 bits per heavy atom. The number of nitrogens with zero attached hydrogens (tertiary/aromatic N) is 3. The van der Waals surface area contributed by atoms with Crippen molar-refractivity contribution in [3.63, 3.8) is 0 Å². The maximum absolute atomic E-state index is 12.6. The molecule has 5 nitrogen and oxygen atoms in total. The summed E-state index contributed by atoms with van der Waals surface area (Å²) in [4.78, 5) is 21.6. The predicted octanol–water partition coefficient (Wildman–Crippen LogP) is 4.78. The standard InChI is InChI=1S/C19H14Cl2N4OS/c20-13-6-5-12(14(21)7-13)8-22-18(26)9-25-17-4-2-1-3-15(17)24-19(25)16-10-27-11-23-16/h1-7,10-11H,8-9H2,(H,22,26). The summed E-state index contributed by atoms with van der Waals surface area (Å²) in [6.45, 7) is 0.464. The fraction of sp³-hybridized carbons (Fsp3) is 0.105. The lowest BCUT2D eigenvalue weighted by Crippen LogP contribution is -2.27. The van der Waals surface area contributed by atoms with Gasteiger partial charge in [0.2, 0.25) is 5.91 Å². The Balaban J connectivity index is 1.57. The zero-order valence-electron chi connectivity index (χ0n) is 14.0. The van der Waals surface area contributed by atoms with Crippen molar-refractivity contribution in [1.82, 2.24) is 19.9 Å². The van der Waals surface area contributed by atoms with Gasteiger partial charge < -0.3 is 9.88 Å². The minimum atomic E-state index is -0.138. The smallest absolute Gasteiger partial charge is 0.240 e. The normalized spacial score (nSPS) is 11.0. The number of thiazole rings is 1. The van der Waals surface area contributed by atoms with E-state index in [0.717, 1.165) is 22.3 Å². The van der Waals surface area contributed by atoms with Gasteiger partial charge in [0.25, 0.3) is 0 Å². The summed E-state index contributed by atoms with van der Waals surface area (Å²) < 4.78 is 1.88. The molecule has 4 rings (SSSR count). The lowest BCUT2D eigenvalue weighted by atomic mass is 10.2. The van der Waals surface area contributed by atoms with Gasteiger partial charge in [-0.1, -0.05) is 41.4 Å². The van der Waals surface area contributed by atoms with Crippen LogP contribution in [0.15, 0.2) is 53.4 Å². The summed E-state index contributed by atoms with van der Waals surface area (Å²) in [5.41, 5.74) is 5.03. The molecule has 0 unspecified atom stereocenters. The van der Waals surface area contributed by atoms with Gasteiger partial charge in [0.15, 0.2) is 5.82 Å². The third-order valence-electron chi connectivity index (χ3n) is 4.11. The molecule has 2 heterocycles. The highest BCUT2D eigenvalue weighted by molar-refractivity contribution is 7.07. The number of carbonyl (C=O) groups is 1. The molecule has 0 saturated carbocycles. The van der Waals surface area contributed by atoms with Crippen LogP contribution in [0, 0.1) is 0 Å². The van der Waals surface area contributed by atoms with Crippen LogP contribution in [0.1, 0.15) is 5.56 Å². The van der Waals surface area contributed by atoms with Crippen LogP contribution >= 0.6 is 34.5 Å². The van der Waals surface area contributed by atoms with E-state index in [1.807, 2.05) is 34.2 Å². The topological polar surface area (TPSA) is 59.8 Å². The van der Waals surface area contributed by atoms with Crippen LogP contribution in [0.25, 0.3) is 22.6 Å². The van der Waals surface area contributed by atoms with Gasteiger partial charge in [-0.2, -0.15) is 0 Å². The molecule has 0 bridgehead atoms. The number of halogens is 2. The second-order valence-corrected chi connectivity index (χ2v) is 7.46. The Morgan fingerprint density at radius 2 is 2.04 bits per heavy atom. The Bertz CT molecular complexity index is 1110. The van der Waals surface area contributed by atoms with Crippen molar-refractivity contribution in [1.29, 1.82) is 0 Å². The quantitative estimate of drug-likeness (QED) is 0.508. The van der Waals surface area contributed by atoms with Crippen molar-refractivity contribution < 1.29 is 4.79 Å². The van der Waals surface area contributed by atoms with Gasteiger partial charge in [-0.25, -0.2) is 9.97 Å². The van der Waals surface area contributed by atoms with Crippen LogP contribution in [-0.2, 0) is 17.9 Å². The molecular formula is C19H14Cl2N4OS. The molecule has 1 amide bonds. The van der Waals surface area contributed by atoms with E-state index in [1.54, 1.807) is 23.7 Å². The van der Waals surface area contributed by atoms with Crippen LogP contribution in [0.5, 0.6) is 0 Å². The third-order valence-corrected chi connectivity index (χ3v) is 5.28. The summed E-state index contributed by atoms with van der Waals surface area (Å²) in [5.74, 6) is 0.540. The molecule has 0 aliphatic rings. The van der Waals surface area contributed by atoms with E-state index in [9.17, 15) is 4.79 Å². The molecule has 2 aromatic carbocycles. The molecule has 0 fully saturated rings. The van der Waals surface area contributed by atoms with Crippen molar-refractivity contribution in [2.75, 3.05) is 0 Å². The second kappa shape index (κ2) is 7.68. The van der Waals surface area contributed by atoms with Crippen LogP contribution in [-0.4, -0.2) is 20.4 Å². The number of amides is 1. The molecule has 0 atom stereocenters. The number of para-hydroxylation sites is 2. The summed E-state index contributed by atoms with van der Waals surface area (Å²) in [6.07, 6.45) is 0. The van der Waals surface area contributed by atoms with Crippen LogP contribution < -0.4 is 5.32 Å². The maximum atomic E-state index is 12.6. The third kappa shape index (κ3) is 3.83. The minimum Gasteiger partial charge on any atom is -0.350 e. The number of hydrogen-bond acceptors (Lipinski definition) is 4. The van der Waals surface area contributed by atoms with E-state index >= 15 is 0 Å². The molecule has 0 aliphatic heterocycles. The first-order valence-electron chi connectivity index (χ1n) is 8.16. The SMILES string of the molecule is O=C(Cn1c(-c2cscn2)nc2ccccc21)NCc1ccc(Cl)cc1Cl. The number of rotatable bonds is 5. The number of nitrogens with one attached hydrogen (secondary N) is 1. The largest absolute Gasteiger partial charge is 0.350 e.